The molecule has 0 radical (unpaired) electrons. The number of allylic oxidation sites excluding steroid dienone is 1. The van der Waals surface area contributed by atoms with Gasteiger partial charge in [-0.2, -0.15) is 0 Å². The Morgan fingerprint density at radius 2 is 2.25 bits per heavy atom. The molecular weight excluding hydrogens is 322 g/mol. The fourth-order valence-electron chi connectivity index (χ4n) is 2.30. The molecule has 2 N–H and O–H groups in total. The normalized spacial score (nSPS) is 12.4. The highest BCUT2D eigenvalue weighted by molar-refractivity contribution is 7.14. The van der Waals surface area contributed by atoms with Crippen LogP contribution in [0.25, 0.3) is 23.5 Å². The average molecular weight is 347 g/mol. The van der Waals surface area contributed by atoms with E-state index in [2.05, 4.69) is 15.3 Å². The SMILES string of the molecule is CC.CCNc1nc(-c2cc(=O)c3c([nH]2)C=C(OC)CC=C3)cs1.[HH]. The van der Waals surface area contributed by atoms with Crippen LogP contribution in [0.1, 0.15) is 39.9 Å². The first-order chi connectivity index (χ1) is 11.7. The Kier molecular flexibility index (Phi) is 6.37. The van der Waals surface area contributed by atoms with Crippen molar-refractivity contribution in [3.8, 4) is 11.4 Å². The number of nitrogens with zero attached hydrogens (tertiary/aromatic N) is 1. The second-order valence-electron chi connectivity index (χ2n) is 4.86. The number of methoxy groups -OCH3 is 1. The Hall–Kier alpha value is -2.34. The smallest absolute Gasteiger partial charge is 0.190 e. The molecule has 0 spiro atoms. The second kappa shape index (κ2) is 8.49. The molecule has 3 rings (SSSR count). The zero-order valence-corrected chi connectivity index (χ0v) is 15.3. The van der Waals surface area contributed by atoms with E-state index in [1.54, 1.807) is 13.2 Å². The van der Waals surface area contributed by atoms with Gasteiger partial charge in [-0.25, -0.2) is 4.98 Å². The fourth-order valence-corrected chi connectivity index (χ4v) is 3.08. The van der Waals surface area contributed by atoms with Crippen molar-refractivity contribution in [1.82, 2.24) is 9.97 Å². The number of hydrogen-bond donors (Lipinski definition) is 2. The molecule has 5 nitrogen and oxygen atoms in total. The van der Waals surface area contributed by atoms with Crippen LogP contribution in [0.15, 0.2) is 28.1 Å². The number of fused-ring (bicyclic) bond motifs is 1. The third-order valence-electron chi connectivity index (χ3n) is 3.38. The molecule has 0 atom stereocenters. The Balaban J connectivity index is 0.00000101. The summed E-state index contributed by atoms with van der Waals surface area (Å²) in [6.45, 7) is 6.84. The lowest BCUT2D eigenvalue weighted by molar-refractivity contribution is 0.289. The number of anilines is 1. The van der Waals surface area contributed by atoms with Gasteiger partial charge >= 0.3 is 0 Å². The maximum Gasteiger partial charge on any atom is 0.190 e. The van der Waals surface area contributed by atoms with Gasteiger partial charge in [0.1, 0.15) is 5.76 Å². The molecule has 1 aliphatic rings. The average Bonchev–Trinajstić information content (AvgIpc) is 2.96. The Morgan fingerprint density at radius 3 is 2.96 bits per heavy atom. The van der Waals surface area contributed by atoms with Crippen LogP contribution in [0.2, 0.25) is 0 Å². The van der Waals surface area contributed by atoms with E-state index in [1.165, 1.54) is 11.3 Å². The predicted molar refractivity (Wildman–Crippen MR) is 104 cm³/mol. The quantitative estimate of drug-likeness (QED) is 0.848. The standard InChI is InChI=1S/C16H17N3O2S.C2H6.H2/c1-3-17-16-19-14(9-22-16)13-8-15(20)11-6-4-5-10(21-2)7-12(11)18-13;1-2;/h4,6-9H,3,5H2,1-2H3,(H,17,19)(H,18,20);1-2H3;1H. The first-order valence-electron chi connectivity index (χ1n) is 8.09. The van der Waals surface area contributed by atoms with Gasteiger partial charge in [-0.15, -0.1) is 11.3 Å². The molecule has 0 aliphatic heterocycles. The first kappa shape index (κ1) is 18.0. The third-order valence-corrected chi connectivity index (χ3v) is 4.18. The largest absolute Gasteiger partial charge is 0.501 e. The molecule has 1 aliphatic carbocycles. The number of ether oxygens (including phenoxy) is 1. The zero-order chi connectivity index (χ0) is 17.5. The summed E-state index contributed by atoms with van der Waals surface area (Å²) in [4.78, 5) is 20.1. The number of H-pyrrole nitrogens is 1. The minimum absolute atomic E-state index is 0. The number of rotatable bonds is 4. The van der Waals surface area contributed by atoms with Gasteiger partial charge in [0.25, 0.3) is 0 Å². The van der Waals surface area contributed by atoms with Gasteiger partial charge in [-0.3, -0.25) is 4.79 Å². The maximum absolute atomic E-state index is 12.4. The molecular formula is C18H25N3O2S. The molecule has 0 bridgehead atoms. The number of thiazole rings is 1. The van der Waals surface area contributed by atoms with Crippen LogP contribution in [0.4, 0.5) is 5.13 Å². The van der Waals surface area contributed by atoms with Crippen LogP contribution in [0.3, 0.4) is 0 Å². The number of aromatic nitrogens is 2. The van der Waals surface area contributed by atoms with E-state index in [0.29, 0.717) is 17.7 Å². The van der Waals surface area contributed by atoms with Crippen molar-refractivity contribution < 1.29 is 6.16 Å². The van der Waals surface area contributed by atoms with Gasteiger partial charge in [-0.1, -0.05) is 26.0 Å². The monoisotopic (exact) mass is 347 g/mol. The molecule has 2 aromatic heterocycles. The van der Waals surface area contributed by atoms with Crippen molar-refractivity contribution in [3.63, 3.8) is 0 Å². The number of hydrogen-bond acceptors (Lipinski definition) is 5. The van der Waals surface area contributed by atoms with E-state index in [-0.39, 0.29) is 6.86 Å². The van der Waals surface area contributed by atoms with Crippen LogP contribution in [-0.2, 0) is 4.74 Å². The second-order valence-corrected chi connectivity index (χ2v) is 5.72. The molecule has 130 valence electrons. The minimum atomic E-state index is -0.0217. The molecule has 2 aromatic rings. The highest BCUT2D eigenvalue weighted by Gasteiger charge is 2.12. The Morgan fingerprint density at radius 1 is 1.46 bits per heavy atom. The molecule has 0 unspecified atom stereocenters. The van der Waals surface area contributed by atoms with Gasteiger partial charge in [0, 0.05) is 37.5 Å². The lowest BCUT2D eigenvalue weighted by Gasteiger charge is -2.05. The van der Waals surface area contributed by atoms with Gasteiger partial charge in [-0.05, 0) is 6.92 Å². The lowest BCUT2D eigenvalue weighted by atomic mass is 10.1. The predicted octanol–water partition coefficient (Wildman–Crippen LogP) is 4.61. The third kappa shape index (κ3) is 3.94. The van der Waals surface area contributed by atoms with Crippen molar-refractivity contribution >= 4 is 28.6 Å². The zero-order valence-electron chi connectivity index (χ0n) is 14.5. The van der Waals surface area contributed by atoms with E-state index in [0.717, 1.165) is 28.8 Å². The number of nitrogens with one attached hydrogen (secondary N) is 2. The Bertz CT molecular complexity index is 809. The molecule has 2 heterocycles. The topological polar surface area (TPSA) is 67.0 Å². The van der Waals surface area contributed by atoms with Crippen molar-refractivity contribution in [2.75, 3.05) is 19.0 Å². The van der Waals surface area contributed by atoms with Gasteiger partial charge in [0.2, 0.25) is 0 Å². The molecule has 0 saturated carbocycles. The van der Waals surface area contributed by atoms with Crippen molar-refractivity contribution in [3.05, 3.63) is 44.8 Å². The lowest BCUT2D eigenvalue weighted by Crippen LogP contribution is -2.09. The highest BCUT2D eigenvalue weighted by Crippen LogP contribution is 2.25. The van der Waals surface area contributed by atoms with Crippen LogP contribution >= 0.6 is 11.3 Å². The summed E-state index contributed by atoms with van der Waals surface area (Å²) in [5.74, 6) is 0.814. The van der Waals surface area contributed by atoms with Crippen molar-refractivity contribution in [1.29, 1.82) is 0 Å². The molecule has 0 aromatic carbocycles. The molecule has 0 amide bonds. The van der Waals surface area contributed by atoms with E-state index >= 15 is 0 Å². The summed E-state index contributed by atoms with van der Waals surface area (Å²) in [7, 11) is 1.63. The first-order valence-corrected chi connectivity index (χ1v) is 8.97. The summed E-state index contributed by atoms with van der Waals surface area (Å²) >= 11 is 1.52. The van der Waals surface area contributed by atoms with E-state index in [1.807, 2.05) is 44.4 Å². The van der Waals surface area contributed by atoms with E-state index < -0.39 is 0 Å². The molecule has 6 heteroatoms. The number of aromatic amines is 1. The van der Waals surface area contributed by atoms with Gasteiger partial charge in [0.05, 0.1) is 24.2 Å². The summed E-state index contributed by atoms with van der Waals surface area (Å²) in [6, 6.07) is 1.60. The van der Waals surface area contributed by atoms with E-state index in [4.69, 9.17) is 4.74 Å². The fraction of sp³-hybridized carbons (Fsp3) is 0.333. The van der Waals surface area contributed by atoms with Crippen LogP contribution in [0.5, 0.6) is 0 Å². The molecule has 0 fully saturated rings. The highest BCUT2D eigenvalue weighted by atomic mass is 32.1. The summed E-state index contributed by atoms with van der Waals surface area (Å²) in [5.41, 5.74) is 2.86. The van der Waals surface area contributed by atoms with Gasteiger partial charge in [0.15, 0.2) is 10.6 Å². The van der Waals surface area contributed by atoms with Gasteiger partial charge < -0.3 is 15.0 Å². The van der Waals surface area contributed by atoms with Crippen LogP contribution in [-0.4, -0.2) is 23.6 Å². The molecule has 24 heavy (non-hydrogen) atoms. The summed E-state index contributed by atoms with van der Waals surface area (Å²) in [5, 5.41) is 5.96. The van der Waals surface area contributed by atoms with Crippen molar-refractivity contribution in [2.24, 2.45) is 0 Å². The Labute approximate surface area is 147 Å². The minimum Gasteiger partial charge on any atom is -0.501 e. The van der Waals surface area contributed by atoms with Crippen LogP contribution < -0.4 is 10.7 Å². The van der Waals surface area contributed by atoms with Crippen molar-refractivity contribution in [2.45, 2.75) is 27.2 Å². The maximum atomic E-state index is 12.4. The number of pyridine rings is 1. The van der Waals surface area contributed by atoms with E-state index in [9.17, 15) is 4.79 Å². The van der Waals surface area contributed by atoms with Crippen LogP contribution in [0, 0.1) is 0 Å². The summed E-state index contributed by atoms with van der Waals surface area (Å²) < 4.78 is 5.31. The summed E-state index contributed by atoms with van der Waals surface area (Å²) in [6.07, 6.45) is 6.32. The molecule has 0 saturated heterocycles.